The highest BCUT2D eigenvalue weighted by Gasteiger charge is 2.15. The van der Waals surface area contributed by atoms with Gasteiger partial charge in [-0.3, -0.25) is 0 Å². The second-order valence-electron chi connectivity index (χ2n) is 8.72. The Kier molecular flexibility index (Phi) is 18.4. The lowest BCUT2D eigenvalue weighted by Crippen LogP contribution is -2.15. The highest BCUT2D eigenvalue weighted by Crippen LogP contribution is 2.27. The zero-order chi connectivity index (χ0) is 22.7. The molecule has 0 saturated heterocycles. The van der Waals surface area contributed by atoms with Crippen molar-refractivity contribution < 1.29 is 23.7 Å². The summed E-state index contributed by atoms with van der Waals surface area (Å²) in [6.07, 6.45) is 4.52. The van der Waals surface area contributed by atoms with Gasteiger partial charge in [0.2, 0.25) is 0 Å². The van der Waals surface area contributed by atoms with E-state index < -0.39 is 6.16 Å². The van der Waals surface area contributed by atoms with Gasteiger partial charge in [0.15, 0.2) is 0 Å². The summed E-state index contributed by atoms with van der Waals surface area (Å²) in [5.74, 6) is 2.92. The Bertz CT molecular complexity index is 416. The van der Waals surface area contributed by atoms with Gasteiger partial charge < -0.3 is 18.9 Å². The lowest BCUT2D eigenvalue weighted by molar-refractivity contribution is 0.0522. The van der Waals surface area contributed by atoms with E-state index >= 15 is 0 Å². The molecule has 0 aliphatic heterocycles. The Hall–Kier alpha value is -0.110. The van der Waals surface area contributed by atoms with E-state index in [1.807, 2.05) is 23.5 Å². The molecular formula is C23H46O5S2. The van der Waals surface area contributed by atoms with Crippen LogP contribution in [0, 0.1) is 5.41 Å². The van der Waals surface area contributed by atoms with Gasteiger partial charge >= 0.3 is 6.16 Å². The van der Waals surface area contributed by atoms with Crippen LogP contribution < -0.4 is 0 Å². The van der Waals surface area contributed by atoms with E-state index in [1.54, 1.807) is 0 Å². The van der Waals surface area contributed by atoms with Crippen molar-refractivity contribution in [3.05, 3.63) is 0 Å². The Balaban J connectivity index is 3.28. The number of carbonyl (C=O) groups excluding carboxylic acids is 1. The molecule has 0 aromatic carbocycles. The van der Waals surface area contributed by atoms with E-state index in [9.17, 15) is 4.79 Å². The number of rotatable bonds is 20. The molecule has 0 N–H and O–H groups in total. The predicted molar refractivity (Wildman–Crippen MR) is 131 cm³/mol. The van der Waals surface area contributed by atoms with Gasteiger partial charge in [0.05, 0.1) is 39.6 Å². The number of ether oxygens (including phenoxy) is 4. The van der Waals surface area contributed by atoms with Gasteiger partial charge in [0.25, 0.3) is 0 Å². The predicted octanol–water partition coefficient (Wildman–Crippen LogP) is 6.43. The van der Waals surface area contributed by atoms with Crippen LogP contribution in [0.5, 0.6) is 0 Å². The summed E-state index contributed by atoms with van der Waals surface area (Å²) < 4.78 is 21.7. The number of carbonyl (C=O) groups is 1. The average Bonchev–Trinajstić information content (AvgIpc) is 2.71. The van der Waals surface area contributed by atoms with Crippen LogP contribution in [-0.4, -0.2) is 67.8 Å². The summed E-state index contributed by atoms with van der Waals surface area (Å²) in [7, 11) is 0. The smallest absolute Gasteiger partial charge is 0.434 e. The van der Waals surface area contributed by atoms with Crippen molar-refractivity contribution in [2.24, 2.45) is 5.41 Å². The summed E-state index contributed by atoms with van der Waals surface area (Å²) in [5, 5.41) is 0. The minimum Gasteiger partial charge on any atom is -0.434 e. The minimum absolute atomic E-state index is 0.312. The van der Waals surface area contributed by atoms with E-state index in [0.717, 1.165) is 56.2 Å². The zero-order valence-corrected chi connectivity index (χ0v) is 21.9. The molecule has 5 nitrogen and oxygen atoms in total. The van der Waals surface area contributed by atoms with Crippen molar-refractivity contribution >= 4 is 29.7 Å². The van der Waals surface area contributed by atoms with Crippen molar-refractivity contribution in [2.75, 3.05) is 56.9 Å². The second kappa shape index (κ2) is 18.5. The zero-order valence-electron chi connectivity index (χ0n) is 20.3. The Morgan fingerprint density at radius 3 is 1.93 bits per heavy atom. The largest absolute Gasteiger partial charge is 0.508 e. The quantitative estimate of drug-likeness (QED) is 0.151. The molecule has 0 rings (SSSR count). The van der Waals surface area contributed by atoms with Crippen molar-refractivity contribution in [3.63, 3.8) is 0 Å². The van der Waals surface area contributed by atoms with Crippen LogP contribution in [0.4, 0.5) is 4.79 Å². The van der Waals surface area contributed by atoms with E-state index in [0.29, 0.717) is 36.6 Å². The van der Waals surface area contributed by atoms with Gasteiger partial charge in [-0.05, 0) is 36.9 Å². The Morgan fingerprint density at radius 2 is 1.33 bits per heavy atom. The Morgan fingerprint density at radius 1 is 0.733 bits per heavy atom. The molecule has 0 heterocycles. The molecule has 0 aliphatic carbocycles. The minimum atomic E-state index is -0.547. The molecule has 0 radical (unpaired) electrons. The lowest BCUT2D eigenvalue weighted by Gasteiger charge is -2.21. The topological polar surface area (TPSA) is 54.0 Å². The first-order chi connectivity index (χ1) is 14.2. The third-order valence-electron chi connectivity index (χ3n) is 5.14. The van der Waals surface area contributed by atoms with Crippen LogP contribution in [0.25, 0.3) is 0 Å². The SMILES string of the molecule is CCC(C)(C)CCCOC(=O)OCCCSCCOCCOCCSC(C)(C)CC. The van der Waals surface area contributed by atoms with Crippen LogP contribution in [0.15, 0.2) is 0 Å². The summed E-state index contributed by atoms with van der Waals surface area (Å²) >= 11 is 3.77. The van der Waals surface area contributed by atoms with Gasteiger partial charge in [-0.15, -0.1) is 0 Å². The average molecular weight is 467 g/mol. The molecule has 0 bridgehead atoms. The highest BCUT2D eigenvalue weighted by molar-refractivity contribution is 8.00. The van der Waals surface area contributed by atoms with Gasteiger partial charge in [-0.2, -0.15) is 23.5 Å². The van der Waals surface area contributed by atoms with Gasteiger partial charge in [0, 0.05) is 16.3 Å². The first-order valence-corrected chi connectivity index (χ1v) is 13.5. The number of hydrogen-bond donors (Lipinski definition) is 0. The number of hydrogen-bond acceptors (Lipinski definition) is 7. The number of thioether (sulfide) groups is 2. The van der Waals surface area contributed by atoms with E-state index in [-0.39, 0.29) is 0 Å². The fourth-order valence-electron chi connectivity index (χ4n) is 2.26. The van der Waals surface area contributed by atoms with Crippen molar-refractivity contribution in [2.45, 2.75) is 78.4 Å². The van der Waals surface area contributed by atoms with E-state index in [1.165, 1.54) is 6.42 Å². The normalized spacial score (nSPS) is 12.2. The van der Waals surface area contributed by atoms with E-state index in [2.05, 4.69) is 41.5 Å². The van der Waals surface area contributed by atoms with Crippen molar-refractivity contribution in [3.8, 4) is 0 Å². The van der Waals surface area contributed by atoms with Crippen LogP contribution in [0.1, 0.15) is 73.6 Å². The summed E-state index contributed by atoms with van der Waals surface area (Å²) in [5.41, 5.74) is 0.312. The fraction of sp³-hybridized carbons (Fsp3) is 0.957. The first-order valence-electron chi connectivity index (χ1n) is 11.4. The molecule has 0 amide bonds. The Labute approximate surface area is 194 Å². The molecule has 0 unspecified atom stereocenters. The molecule has 0 atom stereocenters. The van der Waals surface area contributed by atoms with Gasteiger partial charge in [-0.1, -0.05) is 48.0 Å². The third-order valence-corrected chi connectivity index (χ3v) is 7.62. The second-order valence-corrected chi connectivity index (χ2v) is 11.7. The van der Waals surface area contributed by atoms with Gasteiger partial charge in [-0.25, -0.2) is 4.79 Å². The van der Waals surface area contributed by atoms with Crippen LogP contribution in [-0.2, 0) is 18.9 Å². The molecular weight excluding hydrogens is 420 g/mol. The standard InChI is InChI=1S/C23H46O5S2/c1-7-22(3,4)11-9-12-27-21(24)28-13-10-18-29-19-16-25-14-15-26-17-20-30-23(5,6)8-2/h7-20H2,1-6H3. The fourth-order valence-corrected chi connectivity index (χ4v) is 3.98. The third kappa shape index (κ3) is 19.8. The maximum absolute atomic E-state index is 11.5. The molecule has 0 aliphatic rings. The molecule has 0 aromatic heterocycles. The highest BCUT2D eigenvalue weighted by atomic mass is 32.2. The van der Waals surface area contributed by atoms with Crippen molar-refractivity contribution in [1.29, 1.82) is 0 Å². The van der Waals surface area contributed by atoms with Crippen molar-refractivity contribution in [1.82, 2.24) is 0 Å². The molecule has 0 saturated carbocycles. The first kappa shape index (κ1) is 29.9. The summed E-state index contributed by atoms with van der Waals surface area (Å²) in [6.45, 7) is 17.1. The van der Waals surface area contributed by atoms with Gasteiger partial charge in [0.1, 0.15) is 0 Å². The monoisotopic (exact) mass is 466 g/mol. The van der Waals surface area contributed by atoms with Crippen LogP contribution >= 0.6 is 23.5 Å². The lowest BCUT2D eigenvalue weighted by atomic mass is 9.85. The molecule has 0 aromatic rings. The molecule has 0 fully saturated rings. The maximum Gasteiger partial charge on any atom is 0.508 e. The molecule has 0 spiro atoms. The molecule has 30 heavy (non-hydrogen) atoms. The maximum atomic E-state index is 11.5. The van der Waals surface area contributed by atoms with E-state index in [4.69, 9.17) is 18.9 Å². The van der Waals surface area contributed by atoms with Crippen LogP contribution in [0.2, 0.25) is 0 Å². The summed E-state index contributed by atoms with van der Waals surface area (Å²) in [6, 6.07) is 0. The molecule has 180 valence electrons. The molecule has 7 heteroatoms. The van der Waals surface area contributed by atoms with Crippen LogP contribution in [0.3, 0.4) is 0 Å². The summed E-state index contributed by atoms with van der Waals surface area (Å²) in [4.78, 5) is 11.5.